The fourth-order valence-electron chi connectivity index (χ4n) is 1.81. The van der Waals surface area contributed by atoms with Gasteiger partial charge in [0.05, 0.1) is 0 Å². The summed E-state index contributed by atoms with van der Waals surface area (Å²) in [6.45, 7) is 2.94. The summed E-state index contributed by atoms with van der Waals surface area (Å²) in [5, 5.41) is 3.28. The van der Waals surface area contributed by atoms with Crippen molar-refractivity contribution in [3.05, 3.63) is 29.8 Å². The van der Waals surface area contributed by atoms with Gasteiger partial charge in [-0.2, -0.15) is 8.78 Å². The minimum atomic E-state index is -2.79. The molecule has 1 rings (SSSR count). The van der Waals surface area contributed by atoms with Gasteiger partial charge >= 0.3 is 6.61 Å². The number of hydrogen-bond donors (Lipinski definition) is 1. The van der Waals surface area contributed by atoms with Crippen LogP contribution in [0.25, 0.3) is 0 Å². The van der Waals surface area contributed by atoms with Crippen molar-refractivity contribution in [3.63, 3.8) is 0 Å². The maximum Gasteiger partial charge on any atom is 0.387 e. The Morgan fingerprint density at radius 3 is 2.38 bits per heavy atom. The van der Waals surface area contributed by atoms with Crippen LogP contribution in [0.2, 0.25) is 0 Å². The van der Waals surface area contributed by atoms with E-state index in [1.807, 2.05) is 11.9 Å². The molecule has 0 aliphatic heterocycles. The highest BCUT2D eigenvalue weighted by Crippen LogP contribution is 2.15. The minimum absolute atomic E-state index is 0.165. The molecule has 0 heterocycles. The van der Waals surface area contributed by atoms with E-state index in [1.165, 1.54) is 0 Å². The smallest absolute Gasteiger partial charge is 0.387 e. The van der Waals surface area contributed by atoms with Crippen LogP contribution in [0.1, 0.15) is 19.4 Å². The Kier molecular flexibility index (Phi) is 6.91. The van der Waals surface area contributed by atoms with Gasteiger partial charge in [0.2, 0.25) is 0 Å². The van der Waals surface area contributed by atoms with Crippen molar-refractivity contribution in [2.75, 3.05) is 20.6 Å². The molecule has 1 N–H and O–H groups in total. The Balaban J connectivity index is 2.58. The molecular weight excluding hydrogens is 276 g/mol. The van der Waals surface area contributed by atoms with E-state index in [2.05, 4.69) is 28.9 Å². The number of ether oxygens (including phenoxy) is 1. The van der Waals surface area contributed by atoms with E-state index in [1.54, 1.807) is 31.3 Å². The summed E-state index contributed by atoms with van der Waals surface area (Å²) in [6.07, 6.45) is 0. The third-order valence-electron chi connectivity index (χ3n) is 2.81. The van der Waals surface area contributed by atoms with Crippen molar-refractivity contribution in [1.29, 1.82) is 0 Å². The van der Waals surface area contributed by atoms with Crippen LogP contribution in [-0.2, 0) is 6.54 Å². The highest BCUT2D eigenvalue weighted by Gasteiger charge is 2.08. The SMILES string of the molecule is CN=C(NCC(C)C)N(C)Cc1ccc(OC(F)F)cc1. The highest BCUT2D eigenvalue weighted by molar-refractivity contribution is 5.79. The molecule has 0 saturated carbocycles. The molecule has 0 aliphatic carbocycles. The zero-order valence-electron chi connectivity index (χ0n) is 12.9. The maximum absolute atomic E-state index is 12.1. The fraction of sp³-hybridized carbons (Fsp3) is 0.533. The summed E-state index contributed by atoms with van der Waals surface area (Å²) >= 11 is 0. The first-order valence-electron chi connectivity index (χ1n) is 6.88. The largest absolute Gasteiger partial charge is 0.435 e. The molecule has 21 heavy (non-hydrogen) atoms. The van der Waals surface area contributed by atoms with Crippen molar-refractivity contribution in [3.8, 4) is 5.75 Å². The van der Waals surface area contributed by atoms with Gasteiger partial charge < -0.3 is 15.0 Å². The number of hydrogen-bond acceptors (Lipinski definition) is 2. The number of benzene rings is 1. The molecule has 0 spiro atoms. The first-order valence-corrected chi connectivity index (χ1v) is 6.88. The van der Waals surface area contributed by atoms with Crippen LogP contribution in [0.15, 0.2) is 29.3 Å². The number of nitrogens with one attached hydrogen (secondary N) is 1. The molecule has 0 saturated heterocycles. The molecule has 118 valence electrons. The summed E-state index contributed by atoms with van der Waals surface area (Å²) < 4.78 is 28.5. The van der Waals surface area contributed by atoms with Crippen molar-refractivity contribution in [1.82, 2.24) is 10.2 Å². The molecule has 1 aromatic rings. The quantitative estimate of drug-likeness (QED) is 0.648. The van der Waals surface area contributed by atoms with Gasteiger partial charge in [-0.3, -0.25) is 4.99 Å². The van der Waals surface area contributed by atoms with Gasteiger partial charge in [-0.1, -0.05) is 26.0 Å². The molecule has 0 amide bonds. The van der Waals surface area contributed by atoms with E-state index in [4.69, 9.17) is 0 Å². The van der Waals surface area contributed by atoms with Gasteiger partial charge in [0.25, 0.3) is 0 Å². The number of nitrogens with zero attached hydrogens (tertiary/aromatic N) is 2. The zero-order valence-corrected chi connectivity index (χ0v) is 12.9. The second-order valence-corrected chi connectivity index (χ2v) is 5.20. The Bertz CT molecular complexity index is 447. The van der Waals surface area contributed by atoms with Crippen LogP contribution in [-0.4, -0.2) is 38.1 Å². The van der Waals surface area contributed by atoms with Crippen LogP contribution in [0.3, 0.4) is 0 Å². The molecule has 4 nitrogen and oxygen atoms in total. The monoisotopic (exact) mass is 299 g/mol. The summed E-state index contributed by atoms with van der Waals surface area (Å²) in [5.74, 6) is 1.50. The van der Waals surface area contributed by atoms with E-state index < -0.39 is 6.61 Å². The van der Waals surface area contributed by atoms with Crippen LogP contribution < -0.4 is 10.1 Å². The fourth-order valence-corrected chi connectivity index (χ4v) is 1.81. The van der Waals surface area contributed by atoms with E-state index >= 15 is 0 Å². The molecule has 6 heteroatoms. The van der Waals surface area contributed by atoms with Crippen molar-refractivity contribution < 1.29 is 13.5 Å². The van der Waals surface area contributed by atoms with Crippen molar-refractivity contribution >= 4 is 5.96 Å². The standard InChI is InChI=1S/C15H23F2N3O/c1-11(2)9-19-15(18-3)20(4)10-12-5-7-13(8-6-12)21-14(16)17/h5-8,11,14H,9-10H2,1-4H3,(H,18,19). The minimum Gasteiger partial charge on any atom is -0.435 e. The lowest BCUT2D eigenvalue weighted by Crippen LogP contribution is -2.40. The van der Waals surface area contributed by atoms with Crippen LogP contribution in [0.5, 0.6) is 5.75 Å². The molecule has 0 atom stereocenters. The van der Waals surface area contributed by atoms with E-state index in [9.17, 15) is 8.78 Å². The molecule has 0 aliphatic rings. The van der Waals surface area contributed by atoms with Gasteiger partial charge in [0.15, 0.2) is 5.96 Å². The predicted octanol–water partition coefficient (Wildman–Crippen LogP) is 2.95. The number of guanidine groups is 1. The molecule has 1 aromatic carbocycles. The predicted molar refractivity (Wildman–Crippen MR) is 80.7 cm³/mol. The topological polar surface area (TPSA) is 36.9 Å². The van der Waals surface area contributed by atoms with Gasteiger partial charge in [-0.05, 0) is 23.6 Å². The number of halogens is 2. The van der Waals surface area contributed by atoms with E-state index in [0.717, 1.165) is 18.1 Å². The van der Waals surface area contributed by atoms with Gasteiger partial charge in [0.1, 0.15) is 5.75 Å². The lowest BCUT2D eigenvalue weighted by atomic mass is 10.2. The van der Waals surface area contributed by atoms with Crippen LogP contribution in [0, 0.1) is 5.92 Å². The summed E-state index contributed by atoms with van der Waals surface area (Å²) in [7, 11) is 3.66. The Morgan fingerprint density at radius 2 is 1.90 bits per heavy atom. The zero-order chi connectivity index (χ0) is 15.8. The first kappa shape index (κ1) is 17.2. The van der Waals surface area contributed by atoms with Crippen molar-refractivity contribution in [2.24, 2.45) is 10.9 Å². The second kappa shape index (κ2) is 8.44. The normalized spacial score (nSPS) is 11.9. The highest BCUT2D eigenvalue weighted by atomic mass is 19.3. The Labute approximate surface area is 124 Å². The van der Waals surface area contributed by atoms with Crippen molar-refractivity contribution in [2.45, 2.75) is 27.0 Å². The van der Waals surface area contributed by atoms with Gasteiger partial charge in [-0.15, -0.1) is 0 Å². The third-order valence-corrected chi connectivity index (χ3v) is 2.81. The third kappa shape index (κ3) is 6.42. The number of aliphatic imine (C=N–C) groups is 1. The molecule has 0 aromatic heterocycles. The number of rotatable bonds is 6. The first-order chi connectivity index (χ1) is 9.92. The molecule has 0 unspecified atom stereocenters. The lowest BCUT2D eigenvalue weighted by Gasteiger charge is -2.23. The van der Waals surface area contributed by atoms with Crippen LogP contribution in [0.4, 0.5) is 8.78 Å². The molecule has 0 bridgehead atoms. The summed E-state index contributed by atoms with van der Waals surface area (Å²) in [5.41, 5.74) is 0.992. The lowest BCUT2D eigenvalue weighted by molar-refractivity contribution is -0.0498. The molecule has 0 fully saturated rings. The van der Waals surface area contributed by atoms with E-state index in [-0.39, 0.29) is 5.75 Å². The van der Waals surface area contributed by atoms with Gasteiger partial charge in [0, 0.05) is 27.2 Å². The van der Waals surface area contributed by atoms with E-state index in [0.29, 0.717) is 12.5 Å². The number of alkyl halides is 2. The summed E-state index contributed by atoms with van der Waals surface area (Å²) in [4.78, 5) is 6.20. The average Bonchev–Trinajstić information content (AvgIpc) is 2.40. The molecular formula is C15H23F2N3O. The maximum atomic E-state index is 12.1. The Hall–Kier alpha value is -1.85. The second-order valence-electron chi connectivity index (χ2n) is 5.20. The average molecular weight is 299 g/mol. The summed E-state index contributed by atoms with van der Waals surface area (Å²) in [6, 6.07) is 6.62. The van der Waals surface area contributed by atoms with Gasteiger partial charge in [-0.25, -0.2) is 0 Å². The molecule has 0 radical (unpaired) electrons. The van der Waals surface area contributed by atoms with Crippen LogP contribution >= 0.6 is 0 Å². The Morgan fingerprint density at radius 1 is 1.29 bits per heavy atom.